The molecule has 180 valence electrons. The highest BCUT2D eigenvalue weighted by Gasteiger charge is 2.33. The monoisotopic (exact) mass is 466 g/mol. The number of amides is 2. The number of carboxylic acid groups (broad SMARTS) is 1. The van der Waals surface area contributed by atoms with Crippen LogP contribution in [-0.2, 0) is 14.3 Å². The molecule has 2 unspecified atom stereocenters. The standard InChI is InChI=1S/C26H30N2O6/c29-13-12-28(15-24(30)31)25(32)17-6-5-7-18(14-17)27-26(33)34-16-23-21-10-3-1-8-19(21)20-9-2-4-11-22(20)23/h1-4,8-11,17-18,23,29H,5-7,12-16H2,(H,27,33)(H,30,31). The summed E-state index contributed by atoms with van der Waals surface area (Å²) < 4.78 is 5.62. The number of carboxylic acids is 1. The zero-order valence-corrected chi connectivity index (χ0v) is 19.0. The second-order valence-electron chi connectivity index (χ2n) is 8.91. The molecule has 3 N–H and O–H groups in total. The molecule has 2 amide bonds. The predicted molar refractivity (Wildman–Crippen MR) is 125 cm³/mol. The number of nitrogens with one attached hydrogen (secondary N) is 1. The molecule has 2 aliphatic carbocycles. The second-order valence-corrected chi connectivity index (χ2v) is 8.91. The number of aliphatic carboxylic acids is 1. The summed E-state index contributed by atoms with van der Waals surface area (Å²) in [5.41, 5.74) is 4.61. The maximum absolute atomic E-state index is 12.8. The van der Waals surface area contributed by atoms with Crippen molar-refractivity contribution in [2.45, 2.75) is 37.6 Å². The topological polar surface area (TPSA) is 116 Å². The Morgan fingerprint density at radius 3 is 2.26 bits per heavy atom. The van der Waals surface area contributed by atoms with Crippen molar-refractivity contribution < 1.29 is 29.3 Å². The fourth-order valence-electron chi connectivity index (χ4n) is 5.16. The molecule has 0 aromatic heterocycles. The van der Waals surface area contributed by atoms with Gasteiger partial charge in [0.2, 0.25) is 5.91 Å². The molecule has 2 aliphatic rings. The highest BCUT2D eigenvalue weighted by atomic mass is 16.5. The number of aliphatic hydroxyl groups excluding tert-OH is 1. The normalized spacial score (nSPS) is 19.1. The summed E-state index contributed by atoms with van der Waals surface area (Å²) in [7, 11) is 0. The Labute approximate surface area is 198 Å². The minimum Gasteiger partial charge on any atom is -0.480 e. The number of nitrogens with zero attached hydrogens (tertiary/aromatic N) is 1. The van der Waals surface area contributed by atoms with Gasteiger partial charge in [-0.3, -0.25) is 9.59 Å². The number of benzene rings is 2. The van der Waals surface area contributed by atoms with Gasteiger partial charge in [0, 0.05) is 24.4 Å². The van der Waals surface area contributed by atoms with Crippen LogP contribution in [0.1, 0.15) is 42.7 Å². The van der Waals surface area contributed by atoms with Crippen LogP contribution in [0.3, 0.4) is 0 Å². The maximum Gasteiger partial charge on any atom is 0.407 e. The molecular weight excluding hydrogens is 436 g/mol. The summed E-state index contributed by atoms with van der Waals surface area (Å²) in [6.45, 7) is -0.544. The van der Waals surface area contributed by atoms with Gasteiger partial charge in [-0.1, -0.05) is 55.0 Å². The average molecular weight is 467 g/mol. The van der Waals surface area contributed by atoms with E-state index in [1.807, 2.05) is 24.3 Å². The number of rotatable bonds is 8. The molecule has 0 radical (unpaired) electrons. The molecule has 0 aliphatic heterocycles. The van der Waals surface area contributed by atoms with E-state index in [1.54, 1.807) is 0 Å². The van der Waals surface area contributed by atoms with Gasteiger partial charge >= 0.3 is 12.1 Å². The van der Waals surface area contributed by atoms with E-state index in [1.165, 1.54) is 4.90 Å². The minimum absolute atomic E-state index is 0.0217. The maximum atomic E-state index is 12.8. The summed E-state index contributed by atoms with van der Waals surface area (Å²) in [5, 5.41) is 21.1. The third-order valence-corrected chi connectivity index (χ3v) is 6.70. The summed E-state index contributed by atoms with van der Waals surface area (Å²) in [5.74, 6) is -1.83. The van der Waals surface area contributed by atoms with E-state index in [9.17, 15) is 19.5 Å². The molecule has 2 aromatic carbocycles. The fraction of sp³-hybridized carbons (Fsp3) is 0.423. The van der Waals surface area contributed by atoms with Crippen molar-refractivity contribution in [3.05, 3.63) is 59.7 Å². The number of hydrogen-bond donors (Lipinski definition) is 3. The number of hydrogen-bond acceptors (Lipinski definition) is 5. The molecule has 34 heavy (non-hydrogen) atoms. The Kier molecular flexibility index (Phi) is 7.47. The van der Waals surface area contributed by atoms with Crippen LogP contribution in [0, 0.1) is 5.92 Å². The van der Waals surface area contributed by atoms with Gasteiger partial charge < -0.3 is 25.2 Å². The lowest BCUT2D eigenvalue weighted by Crippen LogP contribution is -2.46. The molecule has 0 spiro atoms. The van der Waals surface area contributed by atoms with Crippen LogP contribution >= 0.6 is 0 Å². The third-order valence-electron chi connectivity index (χ3n) is 6.70. The third kappa shape index (κ3) is 5.22. The zero-order valence-electron chi connectivity index (χ0n) is 19.0. The Bertz CT molecular complexity index is 1010. The Balaban J connectivity index is 1.34. The zero-order chi connectivity index (χ0) is 24.1. The molecule has 1 saturated carbocycles. The molecule has 2 atom stereocenters. The lowest BCUT2D eigenvalue weighted by Gasteiger charge is -2.32. The van der Waals surface area contributed by atoms with Crippen molar-refractivity contribution in [3.63, 3.8) is 0 Å². The number of alkyl carbamates (subject to hydrolysis) is 1. The van der Waals surface area contributed by atoms with Crippen LogP contribution in [0.15, 0.2) is 48.5 Å². The van der Waals surface area contributed by atoms with E-state index in [4.69, 9.17) is 9.84 Å². The first kappa shape index (κ1) is 23.8. The van der Waals surface area contributed by atoms with Crippen LogP contribution < -0.4 is 5.32 Å². The first-order chi connectivity index (χ1) is 16.5. The molecule has 8 nitrogen and oxygen atoms in total. The lowest BCUT2D eigenvalue weighted by molar-refractivity contribution is -0.147. The predicted octanol–water partition coefficient (Wildman–Crippen LogP) is 2.99. The number of carbonyl (C=O) groups is 3. The first-order valence-electron chi connectivity index (χ1n) is 11.7. The minimum atomic E-state index is -1.12. The Hall–Kier alpha value is -3.39. The van der Waals surface area contributed by atoms with E-state index in [0.29, 0.717) is 12.8 Å². The van der Waals surface area contributed by atoms with Gasteiger partial charge in [-0.15, -0.1) is 0 Å². The van der Waals surface area contributed by atoms with Gasteiger partial charge in [-0.05, 0) is 41.5 Å². The Morgan fingerprint density at radius 1 is 1.00 bits per heavy atom. The number of ether oxygens (including phenoxy) is 1. The molecule has 0 saturated heterocycles. The van der Waals surface area contributed by atoms with Gasteiger partial charge in [0.25, 0.3) is 0 Å². The second kappa shape index (κ2) is 10.7. The van der Waals surface area contributed by atoms with Crippen molar-refractivity contribution in [1.82, 2.24) is 10.2 Å². The number of fused-ring (bicyclic) bond motifs is 3. The molecule has 8 heteroatoms. The van der Waals surface area contributed by atoms with Crippen molar-refractivity contribution in [2.24, 2.45) is 5.92 Å². The van der Waals surface area contributed by atoms with Crippen molar-refractivity contribution in [2.75, 3.05) is 26.3 Å². The first-order valence-corrected chi connectivity index (χ1v) is 11.7. The van der Waals surface area contributed by atoms with Crippen LogP contribution in [0.5, 0.6) is 0 Å². The van der Waals surface area contributed by atoms with Gasteiger partial charge in [-0.2, -0.15) is 0 Å². The van der Waals surface area contributed by atoms with Gasteiger partial charge in [0.05, 0.1) is 6.61 Å². The average Bonchev–Trinajstić information content (AvgIpc) is 3.16. The van der Waals surface area contributed by atoms with Crippen molar-refractivity contribution in [1.29, 1.82) is 0 Å². The highest BCUT2D eigenvalue weighted by Crippen LogP contribution is 2.44. The quantitative estimate of drug-likeness (QED) is 0.551. The SMILES string of the molecule is O=C(O)CN(CCO)C(=O)C1CCCC(NC(=O)OCC2c3ccccc3-c3ccccc32)C1. The van der Waals surface area contributed by atoms with Crippen molar-refractivity contribution >= 4 is 18.0 Å². The highest BCUT2D eigenvalue weighted by molar-refractivity contribution is 5.83. The summed E-state index contributed by atoms with van der Waals surface area (Å²) in [4.78, 5) is 37.6. The van der Waals surface area contributed by atoms with Crippen LogP contribution in [0.25, 0.3) is 11.1 Å². The van der Waals surface area contributed by atoms with E-state index < -0.39 is 24.5 Å². The molecule has 0 heterocycles. The molecule has 1 fully saturated rings. The van der Waals surface area contributed by atoms with Crippen LogP contribution in [-0.4, -0.2) is 65.4 Å². The van der Waals surface area contributed by atoms with E-state index in [-0.39, 0.29) is 37.6 Å². The number of aliphatic hydroxyl groups is 1. The van der Waals surface area contributed by atoms with E-state index >= 15 is 0 Å². The van der Waals surface area contributed by atoms with E-state index in [2.05, 4.69) is 29.6 Å². The van der Waals surface area contributed by atoms with E-state index in [0.717, 1.165) is 35.1 Å². The molecule has 0 bridgehead atoms. The summed E-state index contributed by atoms with van der Waals surface area (Å²) in [6, 6.07) is 16.1. The number of carbonyl (C=O) groups excluding carboxylic acids is 2. The van der Waals surface area contributed by atoms with Gasteiger partial charge in [0.15, 0.2) is 0 Å². The largest absolute Gasteiger partial charge is 0.480 e. The van der Waals surface area contributed by atoms with Crippen LogP contribution in [0.2, 0.25) is 0 Å². The van der Waals surface area contributed by atoms with Crippen LogP contribution in [0.4, 0.5) is 4.79 Å². The smallest absolute Gasteiger partial charge is 0.407 e. The lowest BCUT2D eigenvalue weighted by atomic mass is 9.85. The van der Waals surface area contributed by atoms with Gasteiger partial charge in [-0.25, -0.2) is 4.79 Å². The Morgan fingerprint density at radius 2 is 1.65 bits per heavy atom. The molecular formula is C26H30N2O6. The molecule has 4 rings (SSSR count). The van der Waals surface area contributed by atoms with Crippen molar-refractivity contribution in [3.8, 4) is 11.1 Å². The molecule has 2 aromatic rings. The van der Waals surface area contributed by atoms with Gasteiger partial charge in [0.1, 0.15) is 13.2 Å². The fourth-order valence-corrected chi connectivity index (χ4v) is 5.16. The summed E-state index contributed by atoms with van der Waals surface area (Å²) >= 11 is 0. The summed E-state index contributed by atoms with van der Waals surface area (Å²) in [6.07, 6.45) is 2.00.